The molecular formula is C19H29N4NaO7. The number of aromatic nitrogens is 3. The molecule has 0 aromatic carbocycles. The summed E-state index contributed by atoms with van der Waals surface area (Å²) >= 11 is 0. The molecule has 1 aliphatic rings. The molecule has 0 radical (unpaired) electrons. The number of aliphatic carboxylic acids is 1. The van der Waals surface area contributed by atoms with Gasteiger partial charge in [-0.25, -0.2) is 4.68 Å². The van der Waals surface area contributed by atoms with Crippen LogP contribution in [0.5, 0.6) is 0 Å². The third-order valence-corrected chi connectivity index (χ3v) is 4.74. The van der Waals surface area contributed by atoms with Gasteiger partial charge in [0.05, 0.1) is 24.4 Å². The number of ether oxygens (including phenoxy) is 1. The first-order valence-corrected chi connectivity index (χ1v) is 9.83. The molecule has 0 saturated carbocycles. The van der Waals surface area contributed by atoms with Gasteiger partial charge in [0, 0.05) is 12.1 Å². The van der Waals surface area contributed by atoms with Gasteiger partial charge in [-0.3, -0.25) is 4.79 Å². The largest absolute Gasteiger partial charge is 1.00 e. The Morgan fingerprint density at radius 2 is 1.94 bits per heavy atom. The maximum absolute atomic E-state index is 12.4. The zero-order chi connectivity index (χ0) is 22.6. The van der Waals surface area contributed by atoms with Crippen molar-refractivity contribution in [2.75, 3.05) is 6.61 Å². The van der Waals surface area contributed by atoms with Crippen LogP contribution in [-0.2, 0) is 20.7 Å². The summed E-state index contributed by atoms with van der Waals surface area (Å²) in [5.41, 5.74) is 0.668. The minimum atomic E-state index is -1.70. The van der Waals surface area contributed by atoms with Gasteiger partial charge in [-0.15, -0.1) is 5.10 Å². The first-order chi connectivity index (χ1) is 14.0. The molecule has 5 atom stereocenters. The van der Waals surface area contributed by atoms with Crippen molar-refractivity contribution >= 4 is 11.9 Å². The van der Waals surface area contributed by atoms with E-state index in [9.17, 15) is 30.0 Å². The SMILES string of the molecule is CC(C)Cc1cn([C@H]2C=C(C(=O)[O-])O[C@@H]([C@H](O)[C@H](O)CO)[C@@H]2NC(=O)C(C)C)nn1.[Na+]. The number of carboxylic acids is 1. The third-order valence-electron chi connectivity index (χ3n) is 4.74. The Morgan fingerprint density at radius 1 is 1.29 bits per heavy atom. The average Bonchev–Trinajstić information content (AvgIpc) is 3.13. The van der Waals surface area contributed by atoms with Crippen molar-refractivity contribution in [2.45, 2.75) is 64.5 Å². The van der Waals surface area contributed by atoms with Gasteiger partial charge in [-0.05, 0) is 18.4 Å². The van der Waals surface area contributed by atoms with Crippen LogP contribution >= 0.6 is 0 Å². The van der Waals surface area contributed by atoms with E-state index in [-0.39, 0.29) is 35.5 Å². The molecule has 1 aromatic rings. The predicted octanol–water partition coefficient (Wildman–Crippen LogP) is -5.09. The fourth-order valence-corrected chi connectivity index (χ4v) is 3.15. The van der Waals surface area contributed by atoms with Crippen molar-refractivity contribution in [3.63, 3.8) is 0 Å². The Bertz CT molecular complexity index is 783. The minimum absolute atomic E-state index is 0. The number of carbonyl (C=O) groups excluding carboxylic acids is 2. The number of nitrogens with zero attached hydrogens (tertiary/aromatic N) is 3. The van der Waals surface area contributed by atoms with Crippen LogP contribution < -0.4 is 40.0 Å². The van der Waals surface area contributed by atoms with E-state index in [1.165, 1.54) is 10.8 Å². The van der Waals surface area contributed by atoms with Crippen LogP contribution in [0, 0.1) is 11.8 Å². The topological polar surface area (TPSA) is 170 Å². The predicted molar refractivity (Wildman–Crippen MR) is 101 cm³/mol. The van der Waals surface area contributed by atoms with Gasteiger partial charge in [0.15, 0.2) is 0 Å². The second kappa shape index (κ2) is 11.9. The van der Waals surface area contributed by atoms with Gasteiger partial charge < -0.3 is 35.3 Å². The maximum Gasteiger partial charge on any atom is 1.00 e. The number of aliphatic hydroxyl groups is 3. The van der Waals surface area contributed by atoms with E-state index in [0.29, 0.717) is 18.0 Å². The summed E-state index contributed by atoms with van der Waals surface area (Å²) in [7, 11) is 0. The fraction of sp³-hybridized carbons (Fsp3) is 0.684. The molecule has 31 heavy (non-hydrogen) atoms. The summed E-state index contributed by atoms with van der Waals surface area (Å²) in [4.78, 5) is 23.9. The monoisotopic (exact) mass is 448 g/mol. The number of hydrogen-bond acceptors (Lipinski definition) is 9. The molecule has 4 N–H and O–H groups in total. The van der Waals surface area contributed by atoms with Crippen molar-refractivity contribution in [3.8, 4) is 0 Å². The van der Waals surface area contributed by atoms with Gasteiger partial charge in [0.2, 0.25) is 5.91 Å². The van der Waals surface area contributed by atoms with Crippen LogP contribution in [-0.4, -0.2) is 73.2 Å². The van der Waals surface area contributed by atoms with E-state index in [4.69, 9.17) is 4.74 Å². The molecule has 0 saturated heterocycles. The van der Waals surface area contributed by atoms with Gasteiger partial charge >= 0.3 is 29.6 Å². The summed E-state index contributed by atoms with van der Waals surface area (Å²) < 4.78 is 6.73. The van der Waals surface area contributed by atoms with Crippen molar-refractivity contribution in [3.05, 3.63) is 23.7 Å². The molecule has 0 fully saturated rings. The third kappa shape index (κ3) is 6.99. The normalized spacial score (nSPS) is 22.9. The number of amides is 1. The molecule has 1 amide bonds. The van der Waals surface area contributed by atoms with Gasteiger partial charge in [0.1, 0.15) is 30.0 Å². The number of rotatable bonds is 9. The molecule has 11 nitrogen and oxygen atoms in total. The van der Waals surface area contributed by atoms with Crippen molar-refractivity contribution in [1.82, 2.24) is 20.3 Å². The van der Waals surface area contributed by atoms with Crippen LogP contribution in [0.1, 0.15) is 39.4 Å². The average molecular weight is 448 g/mol. The van der Waals surface area contributed by atoms with E-state index in [1.54, 1.807) is 20.0 Å². The molecule has 0 aliphatic carbocycles. The van der Waals surface area contributed by atoms with E-state index >= 15 is 0 Å². The molecule has 2 heterocycles. The van der Waals surface area contributed by atoms with Crippen LogP contribution in [0.3, 0.4) is 0 Å². The molecule has 168 valence electrons. The molecule has 2 rings (SSSR count). The summed E-state index contributed by atoms with van der Waals surface area (Å²) in [6, 6.07) is -1.90. The Morgan fingerprint density at radius 3 is 2.45 bits per heavy atom. The Hall–Kier alpha value is -1.50. The molecule has 12 heteroatoms. The zero-order valence-corrected chi connectivity index (χ0v) is 20.4. The molecule has 1 aromatic heterocycles. The van der Waals surface area contributed by atoms with Crippen LogP contribution in [0.4, 0.5) is 0 Å². The zero-order valence-electron chi connectivity index (χ0n) is 18.4. The second-order valence-electron chi connectivity index (χ2n) is 8.11. The number of carboxylic acid groups (broad SMARTS) is 1. The quantitative estimate of drug-likeness (QED) is 0.270. The summed E-state index contributed by atoms with van der Waals surface area (Å²) in [5.74, 6) is -2.69. The van der Waals surface area contributed by atoms with E-state index < -0.39 is 54.6 Å². The molecule has 0 bridgehead atoms. The maximum atomic E-state index is 12.4. The molecule has 0 spiro atoms. The van der Waals surface area contributed by atoms with E-state index in [1.807, 2.05) is 13.8 Å². The standard InChI is InChI=1S/C19H30N4O7.Na/c1-9(2)5-11-7-23(22-21-11)12-6-14(19(28)29)30-17(16(26)13(25)8-24)15(12)20-18(27)10(3)4;/h6-7,9-10,12-13,15-17,24-26H,5,8H2,1-4H3,(H,20,27)(H,28,29);/q;+1/p-1/t12-,13+,15+,16+,17+;/m0./s1. The van der Waals surface area contributed by atoms with Crippen molar-refractivity contribution in [2.24, 2.45) is 11.8 Å². The minimum Gasteiger partial charge on any atom is -0.542 e. The fourth-order valence-electron chi connectivity index (χ4n) is 3.15. The van der Waals surface area contributed by atoms with Gasteiger partial charge in [-0.1, -0.05) is 32.9 Å². The number of aliphatic hydroxyl groups excluding tert-OH is 3. The number of nitrogens with one attached hydrogen (secondary N) is 1. The van der Waals surface area contributed by atoms with Crippen molar-refractivity contribution in [1.29, 1.82) is 0 Å². The van der Waals surface area contributed by atoms with Crippen LogP contribution in [0.15, 0.2) is 18.0 Å². The smallest absolute Gasteiger partial charge is 0.542 e. The van der Waals surface area contributed by atoms with Crippen molar-refractivity contribution < 1.29 is 64.3 Å². The van der Waals surface area contributed by atoms with Crippen LogP contribution in [0.25, 0.3) is 0 Å². The van der Waals surface area contributed by atoms with Gasteiger partial charge in [-0.2, -0.15) is 0 Å². The Balaban J connectivity index is 0.00000480. The number of carbonyl (C=O) groups is 2. The number of hydrogen-bond donors (Lipinski definition) is 4. The van der Waals surface area contributed by atoms with Crippen LogP contribution in [0.2, 0.25) is 0 Å². The molecular weight excluding hydrogens is 419 g/mol. The Labute approximate surface area is 202 Å². The van der Waals surface area contributed by atoms with Gasteiger partial charge in [0.25, 0.3) is 0 Å². The summed E-state index contributed by atoms with van der Waals surface area (Å²) in [6.45, 7) is 6.57. The van der Waals surface area contributed by atoms with E-state index in [2.05, 4.69) is 15.6 Å². The Kier molecular flexibility index (Phi) is 10.6. The summed E-state index contributed by atoms with van der Waals surface area (Å²) in [6.07, 6.45) is -1.24. The first-order valence-electron chi connectivity index (χ1n) is 9.83. The first kappa shape index (κ1) is 27.5. The molecule has 0 unspecified atom stereocenters. The second-order valence-corrected chi connectivity index (χ2v) is 8.11. The molecule has 1 aliphatic heterocycles. The summed E-state index contributed by atoms with van der Waals surface area (Å²) in [5, 5.41) is 52.0. The van der Waals surface area contributed by atoms with E-state index in [0.717, 1.165) is 0 Å².